The number of nitrogens with one attached hydrogen (secondary N) is 1. The lowest BCUT2D eigenvalue weighted by atomic mass is 9.97. The van der Waals surface area contributed by atoms with E-state index < -0.39 is 11.7 Å². The number of aromatic nitrogens is 2. The van der Waals surface area contributed by atoms with E-state index in [2.05, 4.69) is 27.1 Å². The van der Waals surface area contributed by atoms with Gasteiger partial charge in [0.2, 0.25) is 0 Å². The Morgan fingerprint density at radius 3 is 2.44 bits per heavy atom. The first-order valence-corrected chi connectivity index (χ1v) is 10.5. The van der Waals surface area contributed by atoms with Gasteiger partial charge in [-0.2, -0.15) is 13.2 Å². The molecule has 0 aliphatic rings. The van der Waals surface area contributed by atoms with E-state index in [0.29, 0.717) is 16.7 Å². The van der Waals surface area contributed by atoms with Crippen molar-refractivity contribution in [1.82, 2.24) is 9.97 Å². The lowest BCUT2D eigenvalue weighted by molar-refractivity contribution is -0.137. The average Bonchev–Trinajstić information content (AvgIpc) is 2.82. The first-order valence-electron chi connectivity index (χ1n) is 10.5. The van der Waals surface area contributed by atoms with E-state index in [1.54, 1.807) is 37.5 Å². The monoisotopic (exact) mass is 465 g/mol. The maximum Gasteiger partial charge on any atom is 0.418 e. The van der Waals surface area contributed by atoms with Crippen LogP contribution < -0.4 is 5.32 Å². The first-order chi connectivity index (χ1) is 16.2. The summed E-state index contributed by atoms with van der Waals surface area (Å²) >= 11 is 0. The van der Waals surface area contributed by atoms with Gasteiger partial charge in [-0.05, 0) is 36.2 Å². The number of hydrogen-bond donors (Lipinski definition) is 1. The molecule has 3 rings (SSSR count). The minimum Gasteiger partial charge on any atom is -0.377 e. The number of carbonyl (C=O) groups excluding carboxylic acids is 2. The molecule has 0 saturated heterocycles. The minimum atomic E-state index is -4.63. The highest BCUT2D eigenvalue weighted by atomic mass is 19.4. The van der Waals surface area contributed by atoms with Crippen LogP contribution in [0.4, 0.5) is 18.9 Å². The van der Waals surface area contributed by atoms with Gasteiger partial charge in [0.25, 0.3) is 0 Å². The van der Waals surface area contributed by atoms with Crippen LogP contribution in [-0.2, 0) is 17.4 Å². The molecule has 1 N–H and O–H groups in total. The van der Waals surface area contributed by atoms with E-state index in [4.69, 9.17) is 0 Å². The predicted molar refractivity (Wildman–Crippen MR) is 122 cm³/mol. The van der Waals surface area contributed by atoms with E-state index in [1.165, 1.54) is 18.5 Å². The molecule has 0 aliphatic heterocycles. The summed E-state index contributed by atoms with van der Waals surface area (Å²) in [6.07, 6.45) is -0.0845. The number of anilines is 1. The zero-order chi connectivity index (χ0) is 24.7. The zero-order valence-corrected chi connectivity index (χ0v) is 18.7. The van der Waals surface area contributed by atoms with Crippen molar-refractivity contribution in [1.29, 1.82) is 0 Å². The Morgan fingerprint density at radius 1 is 1.03 bits per heavy atom. The van der Waals surface area contributed by atoms with Crippen LogP contribution in [0.5, 0.6) is 0 Å². The molecule has 0 fully saturated rings. The molecule has 0 saturated carbocycles. The maximum absolute atomic E-state index is 13.6. The lowest BCUT2D eigenvalue weighted by Crippen LogP contribution is -2.17. The van der Waals surface area contributed by atoms with Gasteiger partial charge in [-0.3, -0.25) is 9.59 Å². The standard InChI is InChI=1S/C26H22F3N3O2/c1-3-22(33)15-32-24-9-6-18(10-23(24)26(27,28)29)11-25(34)21-7-4-17(2)20(12-21)8-5-19-13-30-16-31-14-19/h4,6-7,9-10,12-14,16,32H,3,11,15H2,1-2H3. The number of ketones is 2. The molecule has 5 nitrogen and oxygen atoms in total. The fourth-order valence-electron chi connectivity index (χ4n) is 3.13. The minimum absolute atomic E-state index is 0.191. The first kappa shape index (κ1) is 24.6. The van der Waals surface area contributed by atoms with Gasteiger partial charge in [0, 0.05) is 42.0 Å². The molecule has 0 unspecified atom stereocenters. The lowest BCUT2D eigenvalue weighted by Gasteiger charge is -2.16. The largest absolute Gasteiger partial charge is 0.418 e. The molecule has 2 aromatic carbocycles. The third kappa shape index (κ3) is 6.51. The van der Waals surface area contributed by atoms with Gasteiger partial charge in [-0.25, -0.2) is 9.97 Å². The van der Waals surface area contributed by atoms with Gasteiger partial charge < -0.3 is 5.32 Å². The smallest absolute Gasteiger partial charge is 0.377 e. The van der Waals surface area contributed by atoms with Crippen molar-refractivity contribution in [2.24, 2.45) is 0 Å². The number of halogens is 3. The van der Waals surface area contributed by atoms with E-state index in [1.807, 2.05) is 6.92 Å². The quantitative estimate of drug-likeness (QED) is 0.392. The van der Waals surface area contributed by atoms with Crippen molar-refractivity contribution in [2.75, 3.05) is 11.9 Å². The van der Waals surface area contributed by atoms with Gasteiger partial charge in [0.05, 0.1) is 17.7 Å². The maximum atomic E-state index is 13.6. The Morgan fingerprint density at radius 2 is 1.76 bits per heavy atom. The Labute approximate surface area is 195 Å². The summed E-state index contributed by atoms with van der Waals surface area (Å²) in [7, 11) is 0. The molecule has 0 atom stereocenters. The number of alkyl halides is 3. The third-order valence-corrected chi connectivity index (χ3v) is 5.09. The number of rotatable bonds is 7. The SMILES string of the molecule is CCC(=O)CNc1ccc(CC(=O)c2ccc(C)c(C#Cc3cncnc3)c2)cc1C(F)(F)F. The van der Waals surface area contributed by atoms with Crippen LogP contribution >= 0.6 is 0 Å². The second-order valence-corrected chi connectivity index (χ2v) is 7.63. The normalized spacial score (nSPS) is 10.9. The van der Waals surface area contributed by atoms with Crippen LogP contribution in [0.15, 0.2) is 55.1 Å². The molecule has 34 heavy (non-hydrogen) atoms. The van der Waals surface area contributed by atoms with Crippen LogP contribution in [-0.4, -0.2) is 28.1 Å². The Hall–Kier alpha value is -3.99. The van der Waals surface area contributed by atoms with Crippen LogP contribution in [0.1, 0.15) is 51.5 Å². The molecule has 0 spiro atoms. The highest BCUT2D eigenvalue weighted by Gasteiger charge is 2.34. The van der Waals surface area contributed by atoms with Crippen LogP contribution in [0, 0.1) is 18.8 Å². The molecular weight excluding hydrogens is 443 g/mol. The van der Waals surface area contributed by atoms with Crippen molar-refractivity contribution in [3.8, 4) is 11.8 Å². The van der Waals surface area contributed by atoms with Crippen molar-refractivity contribution >= 4 is 17.3 Å². The third-order valence-electron chi connectivity index (χ3n) is 5.09. The second-order valence-electron chi connectivity index (χ2n) is 7.63. The van der Waals surface area contributed by atoms with Crippen molar-refractivity contribution in [3.63, 3.8) is 0 Å². The molecule has 1 heterocycles. The summed E-state index contributed by atoms with van der Waals surface area (Å²) in [6.45, 7) is 3.30. The van der Waals surface area contributed by atoms with Crippen molar-refractivity contribution in [3.05, 3.63) is 88.5 Å². The van der Waals surface area contributed by atoms with Gasteiger partial charge >= 0.3 is 6.18 Å². The molecule has 0 bridgehead atoms. The van der Waals surface area contributed by atoms with Crippen LogP contribution in [0.25, 0.3) is 0 Å². The molecule has 1 aromatic heterocycles. The number of carbonyl (C=O) groups is 2. The van der Waals surface area contributed by atoms with Crippen molar-refractivity contribution < 1.29 is 22.8 Å². The average molecular weight is 465 g/mol. The number of aryl methyl sites for hydroxylation is 1. The fraction of sp³-hybridized carbons (Fsp3) is 0.231. The van der Waals surface area contributed by atoms with Gasteiger partial charge in [-0.1, -0.05) is 37.0 Å². The van der Waals surface area contributed by atoms with Crippen LogP contribution in [0.3, 0.4) is 0 Å². The molecule has 0 radical (unpaired) electrons. The summed E-state index contributed by atoms with van der Waals surface area (Å²) < 4.78 is 40.7. The van der Waals surface area contributed by atoms with E-state index >= 15 is 0 Å². The molecule has 0 amide bonds. The Bertz CT molecular complexity index is 1260. The Kier molecular flexibility index (Phi) is 7.79. The second kappa shape index (κ2) is 10.8. The topological polar surface area (TPSA) is 72.0 Å². The number of nitrogens with zero attached hydrogens (tertiary/aromatic N) is 2. The molecule has 3 aromatic rings. The summed E-state index contributed by atoms with van der Waals surface area (Å²) in [6, 6.07) is 8.66. The Balaban J connectivity index is 1.82. The van der Waals surface area contributed by atoms with Crippen LogP contribution in [0.2, 0.25) is 0 Å². The number of hydrogen-bond acceptors (Lipinski definition) is 5. The van der Waals surface area contributed by atoms with Gasteiger partial charge in [0.1, 0.15) is 6.33 Å². The van der Waals surface area contributed by atoms with E-state index in [0.717, 1.165) is 11.6 Å². The molecule has 8 heteroatoms. The zero-order valence-electron chi connectivity index (χ0n) is 18.7. The van der Waals surface area contributed by atoms with Gasteiger partial charge in [0.15, 0.2) is 11.6 Å². The van der Waals surface area contributed by atoms with E-state index in [9.17, 15) is 22.8 Å². The molecule has 174 valence electrons. The van der Waals surface area contributed by atoms with Gasteiger partial charge in [-0.15, -0.1) is 0 Å². The summed E-state index contributed by atoms with van der Waals surface area (Å²) in [4.78, 5) is 32.1. The number of benzene rings is 2. The summed E-state index contributed by atoms with van der Waals surface area (Å²) in [5.41, 5.74) is 1.57. The fourth-order valence-corrected chi connectivity index (χ4v) is 3.13. The summed E-state index contributed by atoms with van der Waals surface area (Å²) in [5.74, 6) is 5.38. The molecular formula is C26H22F3N3O2. The summed E-state index contributed by atoms with van der Waals surface area (Å²) in [5, 5.41) is 2.55. The van der Waals surface area contributed by atoms with E-state index in [-0.39, 0.29) is 42.2 Å². The highest BCUT2D eigenvalue weighted by molar-refractivity contribution is 5.98. The molecule has 0 aliphatic carbocycles. The van der Waals surface area contributed by atoms with Crippen molar-refractivity contribution in [2.45, 2.75) is 32.9 Å². The predicted octanol–water partition coefficient (Wildman–Crippen LogP) is 5.02. The number of Topliss-reactive ketones (excluding diaryl/α,β-unsaturated/α-hetero) is 2. The highest BCUT2D eigenvalue weighted by Crippen LogP contribution is 2.35.